The maximum absolute atomic E-state index is 2.40. The van der Waals surface area contributed by atoms with Crippen molar-refractivity contribution in [1.29, 1.82) is 0 Å². The molecule has 0 fully saturated rings. The van der Waals surface area contributed by atoms with Gasteiger partial charge in [-0.1, -0.05) is 143 Å². The minimum Gasteiger partial charge on any atom is -0.310 e. The lowest BCUT2D eigenvalue weighted by Gasteiger charge is -2.28. The van der Waals surface area contributed by atoms with E-state index in [4.69, 9.17) is 0 Å². The number of rotatable bonds is 6. The normalized spacial score (nSPS) is 12.6. The van der Waals surface area contributed by atoms with Gasteiger partial charge >= 0.3 is 0 Å². The van der Waals surface area contributed by atoms with Gasteiger partial charge in [0.2, 0.25) is 0 Å². The fraction of sp³-hybridized carbons (Fsp3) is 0.0769. The molecule has 1 aliphatic rings. The van der Waals surface area contributed by atoms with Crippen LogP contribution in [0.25, 0.3) is 60.9 Å². The summed E-state index contributed by atoms with van der Waals surface area (Å²) in [4.78, 5) is 2.38. The van der Waals surface area contributed by atoms with Crippen LogP contribution >= 0.6 is 0 Å². The molecule has 0 amide bonds. The van der Waals surface area contributed by atoms with E-state index in [1.807, 2.05) is 0 Å². The van der Waals surface area contributed by atoms with Crippen LogP contribution in [0.5, 0.6) is 0 Å². The van der Waals surface area contributed by atoms with Crippen molar-refractivity contribution in [1.82, 2.24) is 4.57 Å². The molecule has 8 aromatic carbocycles. The van der Waals surface area contributed by atoms with Crippen LogP contribution in [-0.2, 0) is 5.41 Å². The maximum atomic E-state index is 2.40. The predicted molar refractivity (Wildman–Crippen MR) is 231 cm³/mol. The van der Waals surface area contributed by atoms with E-state index in [0.29, 0.717) is 0 Å². The number of aromatic nitrogens is 1. The zero-order valence-electron chi connectivity index (χ0n) is 29.9. The van der Waals surface area contributed by atoms with Crippen molar-refractivity contribution in [2.45, 2.75) is 26.7 Å². The second-order valence-electron chi connectivity index (χ2n) is 14.6. The Morgan fingerprint density at radius 1 is 0.389 bits per heavy atom. The van der Waals surface area contributed by atoms with Crippen molar-refractivity contribution < 1.29 is 0 Å². The van der Waals surface area contributed by atoms with Gasteiger partial charge in [-0.2, -0.15) is 0 Å². The second-order valence-corrected chi connectivity index (χ2v) is 14.6. The topological polar surface area (TPSA) is 8.17 Å². The van der Waals surface area contributed by atoms with Crippen molar-refractivity contribution in [3.8, 4) is 39.1 Å². The van der Waals surface area contributed by atoms with Crippen molar-refractivity contribution >= 4 is 38.9 Å². The summed E-state index contributed by atoms with van der Waals surface area (Å²) in [5, 5.41) is 2.52. The summed E-state index contributed by atoms with van der Waals surface area (Å²) in [6.07, 6.45) is 0. The van der Waals surface area contributed by atoms with Crippen LogP contribution in [0.4, 0.5) is 17.1 Å². The van der Waals surface area contributed by atoms with E-state index in [1.165, 1.54) is 72.0 Å². The first-order valence-corrected chi connectivity index (χ1v) is 18.4. The van der Waals surface area contributed by atoms with Gasteiger partial charge in [-0.15, -0.1) is 0 Å². The van der Waals surface area contributed by atoms with Gasteiger partial charge in [0.05, 0.1) is 11.0 Å². The van der Waals surface area contributed by atoms with Crippen molar-refractivity contribution in [2.75, 3.05) is 4.90 Å². The van der Waals surface area contributed by atoms with Crippen molar-refractivity contribution in [3.63, 3.8) is 0 Å². The number of fused-ring (bicyclic) bond motifs is 6. The maximum Gasteiger partial charge on any atom is 0.0541 e. The van der Waals surface area contributed by atoms with Crippen LogP contribution in [0.1, 0.15) is 32.4 Å². The van der Waals surface area contributed by atoms with Crippen LogP contribution in [0.2, 0.25) is 0 Å². The first kappa shape index (κ1) is 33.2. The predicted octanol–water partition coefficient (Wildman–Crippen LogP) is 14.5. The highest BCUT2D eigenvalue weighted by molar-refractivity contribution is 6.10. The van der Waals surface area contributed by atoms with Gasteiger partial charge < -0.3 is 9.47 Å². The zero-order chi connectivity index (χ0) is 35.5. The Balaban J connectivity index is 0.00000384. The Labute approximate surface area is 318 Å². The van der Waals surface area contributed by atoms with Crippen molar-refractivity contribution in [3.05, 3.63) is 205 Å². The quantitative estimate of drug-likeness (QED) is 0.168. The number of benzene rings is 8. The summed E-state index contributed by atoms with van der Waals surface area (Å²) in [5.74, 6) is 0. The fourth-order valence-corrected chi connectivity index (χ4v) is 8.54. The second kappa shape index (κ2) is 13.1. The third kappa shape index (κ3) is 5.33. The molecule has 0 N–H and O–H groups in total. The third-order valence-corrected chi connectivity index (χ3v) is 11.2. The number of nitrogens with zero attached hydrogens (tertiary/aromatic N) is 2. The molecule has 0 saturated carbocycles. The van der Waals surface area contributed by atoms with Crippen LogP contribution in [0, 0.1) is 0 Å². The van der Waals surface area contributed by atoms with Gasteiger partial charge in [0.1, 0.15) is 0 Å². The molecule has 2 nitrogen and oxygen atoms in total. The SMILES string of the molecule is C.CC1(C)c2ccccc2-c2ccc(N(c3ccccc3)c3ccc(-c4cccc(-c5ccc6c(c5)c5ccccc5n6-c5ccccc5)c4)cc3)cc21. The molecule has 0 bridgehead atoms. The zero-order valence-corrected chi connectivity index (χ0v) is 29.9. The molecule has 0 aliphatic heterocycles. The molecule has 0 atom stereocenters. The first-order valence-electron chi connectivity index (χ1n) is 18.4. The molecule has 1 heterocycles. The smallest absolute Gasteiger partial charge is 0.0541 e. The van der Waals surface area contributed by atoms with Crippen LogP contribution in [0.3, 0.4) is 0 Å². The molecule has 0 unspecified atom stereocenters. The number of hydrogen-bond donors (Lipinski definition) is 0. The summed E-state index contributed by atoms with van der Waals surface area (Å²) < 4.78 is 2.37. The van der Waals surface area contributed by atoms with Crippen LogP contribution in [-0.4, -0.2) is 4.57 Å². The highest BCUT2D eigenvalue weighted by atomic mass is 15.1. The lowest BCUT2D eigenvalue weighted by atomic mass is 9.82. The van der Waals surface area contributed by atoms with E-state index < -0.39 is 0 Å². The summed E-state index contributed by atoms with van der Waals surface area (Å²) >= 11 is 0. The molecule has 0 saturated heterocycles. The van der Waals surface area contributed by atoms with E-state index >= 15 is 0 Å². The average molecular weight is 695 g/mol. The van der Waals surface area contributed by atoms with Gasteiger partial charge in [0.25, 0.3) is 0 Å². The molecule has 10 rings (SSSR count). The Hall–Kier alpha value is -6.64. The molecule has 0 radical (unpaired) electrons. The molecular formula is C52H42N2. The molecule has 2 heteroatoms. The van der Waals surface area contributed by atoms with E-state index in [-0.39, 0.29) is 12.8 Å². The molecule has 54 heavy (non-hydrogen) atoms. The number of anilines is 3. The summed E-state index contributed by atoms with van der Waals surface area (Å²) in [5.41, 5.74) is 17.2. The summed E-state index contributed by atoms with van der Waals surface area (Å²) in [7, 11) is 0. The van der Waals surface area contributed by atoms with E-state index in [1.54, 1.807) is 0 Å². The van der Waals surface area contributed by atoms with Gasteiger partial charge in [-0.25, -0.2) is 0 Å². The first-order chi connectivity index (χ1) is 26.0. The molecule has 0 spiro atoms. The van der Waals surface area contributed by atoms with Crippen molar-refractivity contribution in [2.24, 2.45) is 0 Å². The molecule has 260 valence electrons. The fourth-order valence-electron chi connectivity index (χ4n) is 8.54. The minimum absolute atomic E-state index is 0. The highest BCUT2D eigenvalue weighted by Crippen LogP contribution is 2.50. The van der Waals surface area contributed by atoms with E-state index in [9.17, 15) is 0 Å². The number of para-hydroxylation sites is 3. The summed E-state index contributed by atoms with van der Waals surface area (Å²) in [6.45, 7) is 4.69. The lowest BCUT2D eigenvalue weighted by Crippen LogP contribution is -2.16. The van der Waals surface area contributed by atoms with Crippen LogP contribution < -0.4 is 4.90 Å². The van der Waals surface area contributed by atoms with Gasteiger partial charge in [-0.3, -0.25) is 0 Å². The molecule has 1 aliphatic carbocycles. The monoisotopic (exact) mass is 694 g/mol. The number of hydrogen-bond acceptors (Lipinski definition) is 1. The lowest BCUT2D eigenvalue weighted by molar-refractivity contribution is 0.660. The minimum atomic E-state index is -0.0668. The van der Waals surface area contributed by atoms with E-state index in [0.717, 1.165) is 17.1 Å². The molecule has 9 aromatic rings. The van der Waals surface area contributed by atoms with E-state index in [2.05, 4.69) is 217 Å². The summed E-state index contributed by atoms with van der Waals surface area (Å²) in [6, 6.07) is 70.7. The molecular weight excluding hydrogens is 653 g/mol. The Kier molecular flexibility index (Phi) is 8.05. The Morgan fingerprint density at radius 3 is 1.76 bits per heavy atom. The van der Waals surface area contributed by atoms with Gasteiger partial charge in [-0.05, 0) is 117 Å². The Bertz CT molecular complexity index is 2790. The average Bonchev–Trinajstić information content (AvgIpc) is 3.67. The third-order valence-electron chi connectivity index (χ3n) is 11.2. The van der Waals surface area contributed by atoms with Gasteiger partial charge in [0.15, 0.2) is 0 Å². The standard InChI is InChI=1S/C51H38N2.CH4/c1-51(2)47-22-11-9-20-43(47)44-30-29-42(34-48(44)51)52(39-16-5-3-6-17-39)41-27-24-35(25-28-41)36-14-13-15-37(32-36)38-26-31-50-46(33-38)45-21-10-12-23-49(45)53(50)40-18-7-4-8-19-40;/h3-34H,1-2H3;1H4. The van der Waals surface area contributed by atoms with Crippen LogP contribution in [0.15, 0.2) is 194 Å². The largest absolute Gasteiger partial charge is 0.310 e. The van der Waals surface area contributed by atoms with Gasteiger partial charge in [0, 0.05) is 38.9 Å². The highest BCUT2D eigenvalue weighted by Gasteiger charge is 2.35. The molecule has 1 aromatic heterocycles. The Morgan fingerprint density at radius 2 is 0.963 bits per heavy atom.